The lowest BCUT2D eigenvalue weighted by Gasteiger charge is -2.37. The van der Waals surface area contributed by atoms with Crippen molar-refractivity contribution >= 4 is 23.4 Å². The zero-order valence-electron chi connectivity index (χ0n) is 11.3. The number of carbonyl (C=O) groups excluding carboxylic acids is 2. The van der Waals surface area contributed by atoms with Crippen LogP contribution in [0.1, 0.15) is 6.42 Å². The molecule has 3 atom stereocenters. The number of nitrogens with one attached hydrogen (secondary N) is 2. The van der Waals surface area contributed by atoms with E-state index in [-0.39, 0.29) is 30.3 Å². The molecule has 114 valence electrons. The summed E-state index contributed by atoms with van der Waals surface area (Å²) < 4.78 is 5.30. The Bertz CT molecular complexity index is 497. The Balaban J connectivity index is 1.77. The second kappa shape index (κ2) is 7.28. The van der Waals surface area contributed by atoms with Gasteiger partial charge in [-0.05, 0) is 18.6 Å². The molecule has 1 aromatic carbocycles. The Hall–Kier alpha value is -1.79. The van der Waals surface area contributed by atoms with E-state index in [1.165, 1.54) is 0 Å². The van der Waals surface area contributed by atoms with E-state index < -0.39 is 12.1 Å². The second-order valence-corrected chi connectivity index (χ2v) is 5.11. The molecule has 1 aliphatic heterocycles. The summed E-state index contributed by atoms with van der Waals surface area (Å²) in [6.45, 7) is -0.168. The molecule has 1 aliphatic rings. The molecule has 1 heterocycles. The van der Waals surface area contributed by atoms with Crippen molar-refractivity contribution in [3.05, 3.63) is 30.3 Å². The van der Waals surface area contributed by atoms with Crippen LogP contribution in [0.3, 0.4) is 0 Å². The molecule has 2 amide bonds. The summed E-state index contributed by atoms with van der Waals surface area (Å²) in [5.41, 5.74) is 0. The minimum absolute atomic E-state index is 0.0875. The minimum atomic E-state index is -0.711. The predicted octanol–water partition coefficient (Wildman–Crippen LogP) is 0.0384. The summed E-state index contributed by atoms with van der Waals surface area (Å²) in [6.07, 6.45) is -0.406. The number of para-hydroxylation sites is 1. The fourth-order valence-electron chi connectivity index (χ4n) is 2.04. The van der Waals surface area contributed by atoms with Crippen LogP contribution in [-0.2, 0) is 9.59 Å². The number of alkyl halides is 1. The van der Waals surface area contributed by atoms with Gasteiger partial charge in [-0.2, -0.15) is 0 Å². The highest BCUT2D eigenvalue weighted by molar-refractivity contribution is 6.18. The molecule has 0 aromatic heterocycles. The summed E-state index contributed by atoms with van der Waals surface area (Å²) in [4.78, 5) is 23.2. The number of carbonyl (C=O) groups is 2. The van der Waals surface area contributed by atoms with Crippen LogP contribution in [0.15, 0.2) is 30.3 Å². The molecule has 1 unspecified atom stereocenters. The van der Waals surface area contributed by atoms with Gasteiger partial charge in [-0.1, -0.05) is 18.2 Å². The van der Waals surface area contributed by atoms with Crippen molar-refractivity contribution < 1.29 is 19.4 Å². The molecule has 1 aromatic rings. The number of hydrogen-bond donors (Lipinski definition) is 3. The van der Waals surface area contributed by atoms with E-state index in [1.807, 2.05) is 6.07 Å². The van der Waals surface area contributed by atoms with Gasteiger partial charge in [0.15, 0.2) is 6.61 Å². The van der Waals surface area contributed by atoms with Gasteiger partial charge in [0.2, 0.25) is 5.91 Å². The molecule has 1 fully saturated rings. The molecule has 3 N–H and O–H groups in total. The standard InChI is InChI=1S/C14H17ClN2O4/c15-7-9(18)6-11-13(14(20)16-11)17-12(19)8-21-10-4-2-1-3-5-10/h1-5,9,11,13,18H,6-8H2,(H,16,20)(H,17,19)/t9?,11-,13+/m1/s1. The fraction of sp³-hybridized carbons (Fsp3) is 0.429. The number of rotatable bonds is 7. The number of halogens is 1. The van der Waals surface area contributed by atoms with E-state index >= 15 is 0 Å². The van der Waals surface area contributed by atoms with Gasteiger partial charge in [0.1, 0.15) is 11.8 Å². The van der Waals surface area contributed by atoms with Crippen LogP contribution in [0, 0.1) is 0 Å². The van der Waals surface area contributed by atoms with Crippen molar-refractivity contribution in [2.24, 2.45) is 0 Å². The highest BCUT2D eigenvalue weighted by Gasteiger charge is 2.41. The maximum absolute atomic E-state index is 11.8. The van der Waals surface area contributed by atoms with Gasteiger partial charge in [-0.3, -0.25) is 9.59 Å². The maximum Gasteiger partial charge on any atom is 0.258 e. The van der Waals surface area contributed by atoms with Crippen LogP contribution in [0.4, 0.5) is 0 Å². The summed E-state index contributed by atoms with van der Waals surface area (Å²) in [7, 11) is 0. The smallest absolute Gasteiger partial charge is 0.258 e. The van der Waals surface area contributed by atoms with Crippen molar-refractivity contribution in [1.29, 1.82) is 0 Å². The molecule has 0 saturated carbocycles. The second-order valence-electron chi connectivity index (χ2n) is 4.81. The van der Waals surface area contributed by atoms with E-state index in [0.29, 0.717) is 12.2 Å². The molecule has 6 nitrogen and oxygen atoms in total. The molecular weight excluding hydrogens is 296 g/mol. The lowest BCUT2D eigenvalue weighted by molar-refractivity contribution is -0.137. The van der Waals surface area contributed by atoms with Crippen LogP contribution in [-0.4, -0.2) is 47.6 Å². The Labute approximate surface area is 127 Å². The quantitative estimate of drug-likeness (QED) is 0.490. The Kier molecular flexibility index (Phi) is 5.41. The third kappa shape index (κ3) is 4.34. The summed E-state index contributed by atoms with van der Waals surface area (Å²) in [6, 6.07) is 7.98. The van der Waals surface area contributed by atoms with Gasteiger partial charge in [0.25, 0.3) is 5.91 Å². The monoisotopic (exact) mass is 312 g/mol. The van der Waals surface area contributed by atoms with Gasteiger partial charge in [0.05, 0.1) is 12.1 Å². The van der Waals surface area contributed by atoms with Crippen molar-refractivity contribution in [2.75, 3.05) is 12.5 Å². The lowest BCUT2D eigenvalue weighted by atomic mass is 9.93. The largest absolute Gasteiger partial charge is 0.484 e. The molecule has 7 heteroatoms. The molecule has 21 heavy (non-hydrogen) atoms. The number of hydrogen-bond acceptors (Lipinski definition) is 4. The highest BCUT2D eigenvalue weighted by atomic mass is 35.5. The predicted molar refractivity (Wildman–Crippen MR) is 77.1 cm³/mol. The van der Waals surface area contributed by atoms with Crippen molar-refractivity contribution in [3.8, 4) is 5.75 Å². The van der Waals surface area contributed by atoms with E-state index in [0.717, 1.165) is 0 Å². The first-order valence-electron chi connectivity index (χ1n) is 6.61. The van der Waals surface area contributed by atoms with Gasteiger partial charge in [-0.15, -0.1) is 11.6 Å². The van der Waals surface area contributed by atoms with Crippen molar-refractivity contribution in [1.82, 2.24) is 10.6 Å². The Morgan fingerprint density at radius 3 is 2.76 bits per heavy atom. The molecule has 1 saturated heterocycles. The molecule has 2 rings (SSSR count). The number of benzene rings is 1. The van der Waals surface area contributed by atoms with Gasteiger partial charge in [-0.25, -0.2) is 0 Å². The number of aliphatic hydroxyl groups excluding tert-OH is 1. The van der Waals surface area contributed by atoms with E-state index in [1.54, 1.807) is 24.3 Å². The third-order valence-electron chi connectivity index (χ3n) is 3.15. The zero-order chi connectivity index (χ0) is 15.2. The summed E-state index contributed by atoms with van der Waals surface area (Å²) >= 11 is 5.51. The first-order valence-corrected chi connectivity index (χ1v) is 7.15. The molecule has 0 radical (unpaired) electrons. The number of ether oxygens (including phenoxy) is 1. The highest BCUT2D eigenvalue weighted by Crippen LogP contribution is 2.13. The van der Waals surface area contributed by atoms with Crippen LogP contribution in [0.25, 0.3) is 0 Å². The maximum atomic E-state index is 11.8. The fourth-order valence-corrected chi connectivity index (χ4v) is 2.17. The van der Waals surface area contributed by atoms with Crippen LogP contribution in [0.5, 0.6) is 5.75 Å². The van der Waals surface area contributed by atoms with Gasteiger partial charge >= 0.3 is 0 Å². The molecular formula is C14H17ClN2O4. The molecule has 0 bridgehead atoms. The van der Waals surface area contributed by atoms with Crippen molar-refractivity contribution in [3.63, 3.8) is 0 Å². The third-order valence-corrected chi connectivity index (χ3v) is 3.50. The SMILES string of the molecule is O=C(COc1ccccc1)N[C@@H]1C(=O)N[C@@H]1CC(O)CCl. The summed E-state index contributed by atoms with van der Waals surface area (Å²) in [5, 5.41) is 14.7. The molecule has 0 spiro atoms. The lowest BCUT2D eigenvalue weighted by Crippen LogP contribution is -2.70. The first kappa shape index (κ1) is 15.6. The Morgan fingerprint density at radius 2 is 2.14 bits per heavy atom. The topological polar surface area (TPSA) is 87.7 Å². The first-order chi connectivity index (χ1) is 10.1. The van der Waals surface area contributed by atoms with Crippen LogP contribution in [0.2, 0.25) is 0 Å². The Morgan fingerprint density at radius 1 is 1.43 bits per heavy atom. The average molecular weight is 313 g/mol. The molecule has 0 aliphatic carbocycles. The van der Waals surface area contributed by atoms with Gasteiger partial charge in [0, 0.05) is 5.88 Å². The van der Waals surface area contributed by atoms with E-state index in [4.69, 9.17) is 16.3 Å². The number of β-lactam (4-membered cyclic amide) rings is 1. The van der Waals surface area contributed by atoms with Crippen molar-refractivity contribution in [2.45, 2.75) is 24.6 Å². The minimum Gasteiger partial charge on any atom is -0.484 e. The van der Waals surface area contributed by atoms with Crippen LogP contribution < -0.4 is 15.4 Å². The van der Waals surface area contributed by atoms with E-state index in [2.05, 4.69) is 10.6 Å². The average Bonchev–Trinajstić information content (AvgIpc) is 2.51. The summed E-state index contributed by atoms with van der Waals surface area (Å²) in [5.74, 6) is 0.0168. The number of aliphatic hydroxyl groups is 1. The number of amides is 2. The van der Waals surface area contributed by atoms with Gasteiger partial charge < -0.3 is 20.5 Å². The zero-order valence-corrected chi connectivity index (χ0v) is 12.0. The van der Waals surface area contributed by atoms with E-state index in [9.17, 15) is 14.7 Å². The van der Waals surface area contributed by atoms with Crippen LogP contribution >= 0.6 is 11.6 Å². The normalized spacial score (nSPS) is 21.9.